The van der Waals surface area contributed by atoms with Crippen molar-refractivity contribution in [2.45, 2.75) is 17.9 Å². The zero-order valence-electron chi connectivity index (χ0n) is 14.4. The minimum Gasteiger partial charge on any atom is -0.496 e. The van der Waals surface area contributed by atoms with Crippen LogP contribution >= 0.6 is 0 Å². The van der Waals surface area contributed by atoms with Gasteiger partial charge in [-0.2, -0.15) is 0 Å². The molecule has 0 aliphatic heterocycles. The third kappa shape index (κ3) is 5.25. The molecule has 0 aliphatic rings. The van der Waals surface area contributed by atoms with Gasteiger partial charge in [0.1, 0.15) is 17.1 Å². The molecule has 0 aliphatic carbocycles. The number of hydrogen-bond donors (Lipinski definition) is 2. The molecule has 8 nitrogen and oxygen atoms in total. The molecule has 0 heterocycles. The third-order valence-corrected chi connectivity index (χ3v) is 4.38. The van der Waals surface area contributed by atoms with Crippen molar-refractivity contribution in [3.63, 3.8) is 0 Å². The minimum atomic E-state index is -4.05. The molecule has 0 radical (unpaired) electrons. The molecule has 0 spiro atoms. The standard InChI is InChI=1S/C17H17FN2O6S/c1-10(16(21)20-12-5-3-4-11(18)8-12)26-17(22)14-9-13(27(19,23)24)6-7-15(14)25-2/h3-10H,1-2H3,(H,20,21)(H2,19,23,24)/t10-/m0/s1. The van der Waals surface area contributed by atoms with Gasteiger partial charge in [0.25, 0.3) is 5.91 Å². The first-order valence-electron chi connectivity index (χ1n) is 7.60. The van der Waals surface area contributed by atoms with Crippen molar-refractivity contribution in [1.82, 2.24) is 0 Å². The summed E-state index contributed by atoms with van der Waals surface area (Å²) in [7, 11) is -2.77. The summed E-state index contributed by atoms with van der Waals surface area (Å²) in [6.07, 6.45) is -1.25. The maximum atomic E-state index is 13.2. The highest BCUT2D eigenvalue weighted by molar-refractivity contribution is 7.89. The number of hydrogen-bond acceptors (Lipinski definition) is 6. The van der Waals surface area contributed by atoms with Crippen LogP contribution in [0.25, 0.3) is 0 Å². The molecular weight excluding hydrogens is 379 g/mol. The van der Waals surface area contributed by atoms with Crippen molar-refractivity contribution in [1.29, 1.82) is 0 Å². The molecule has 2 rings (SSSR count). The fraction of sp³-hybridized carbons (Fsp3) is 0.176. The number of carbonyl (C=O) groups is 2. The van der Waals surface area contributed by atoms with Crippen LogP contribution in [0.15, 0.2) is 47.4 Å². The molecule has 10 heteroatoms. The maximum absolute atomic E-state index is 13.2. The van der Waals surface area contributed by atoms with Crippen LogP contribution in [0.4, 0.5) is 10.1 Å². The summed E-state index contributed by atoms with van der Waals surface area (Å²) in [6, 6.07) is 8.60. The van der Waals surface area contributed by atoms with Crippen LogP contribution in [0, 0.1) is 5.82 Å². The highest BCUT2D eigenvalue weighted by Gasteiger charge is 2.23. The Morgan fingerprint density at radius 3 is 2.48 bits per heavy atom. The van der Waals surface area contributed by atoms with E-state index in [4.69, 9.17) is 14.6 Å². The van der Waals surface area contributed by atoms with Gasteiger partial charge in [-0.15, -0.1) is 0 Å². The Balaban J connectivity index is 2.17. The smallest absolute Gasteiger partial charge is 0.342 e. The van der Waals surface area contributed by atoms with Crippen LogP contribution in [-0.4, -0.2) is 33.5 Å². The van der Waals surface area contributed by atoms with Crippen LogP contribution in [-0.2, 0) is 19.6 Å². The van der Waals surface area contributed by atoms with E-state index in [0.717, 1.165) is 12.1 Å². The predicted molar refractivity (Wildman–Crippen MR) is 94.3 cm³/mol. The van der Waals surface area contributed by atoms with E-state index in [1.165, 1.54) is 44.4 Å². The monoisotopic (exact) mass is 396 g/mol. The van der Waals surface area contributed by atoms with Crippen LogP contribution in [0.3, 0.4) is 0 Å². The van der Waals surface area contributed by atoms with Crippen LogP contribution in [0.1, 0.15) is 17.3 Å². The largest absolute Gasteiger partial charge is 0.496 e. The molecule has 2 aromatic rings. The highest BCUT2D eigenvalue weighted by atomic mass is 32.2. The van der Waals surface area contributed by atoms with Gasteiger partial charge in [0.2, 0.25) is 10.0 Å². The Morgan fingerprint density at radius 1 is 1.19 bits per heavy atom. The number of sulfonamides is 1. The van der Waals surface area contributed by atoms with Gasteiger partial charge < -0.3 is 14.8 Å². The number of rotatable bonds is 6. The molecule has 27 heavy (non-hydrogen) atoms. The van der Waals surface area contributed by atoms with E-state index in [1.54, 1.807) is 0 Å². The summed E-state index contributed by atoms with van der Waals surface area (Å²) in [6.45, 7) is 1.31. The molecule has 0 fully saturated rings. The van der Waals surface area contributed by atoms with Crippen molar-refractivity contribution < 1.29 is 31.9 Å². The first-order chi connectivity index (χ1) is 12.6. The van der Waals surface area contributed by atoms with Gasteiger partial charge in [0.15, 0.2) is 6.10 Å². The summed E-state index contributed by atoms with van der Waals surface area (Å²) in [4.78, 5) is 24.1. The number of anilines is 1. The fourth-order valence-corrected chi connectivity index (χ4v) is 2.65. The predicted octanol–water partition coefficient (Wildman–Crippen LogP) is 1.67. The molecule has 1 atom stereocenters. The zero-order chi connectivity index (χ0) is 20.2. The van der Waals surface area contributed by atoms with Gasteiger partial charge in [-0.3, -0.25) is 4.79 Å². The van der Waals surface area contributed by atoms with E-state index in [1.807, 2.05) is 0 Å². The summed E-state index contributed by atoms with van der Waals surface area (Å²) in [5.74, 6) is -2.18. The minimum absolute atomic E-state index is 0.0464. The summed E-state index contributed by atoms with van der Waals surface area (Å²) >= 11 is 0. The van der Waals surface area contributed by atoms with Crippen molar-refractivity contribution in [2.75, 3.05) is 12.4 Å². The second kappa shape index (κ2) is 8.14. The average Bonchev–Trinajstić information content (AvgIpc) is 2.60. The quantitative estimate of drug-likeness (QED) is 0.716. The van der Waals surface area contributed by atoms with E-state index < -0.39 is 33.8 Å². The molecule has 0 bridgehead atoms. The molecule has 0 unspecified atom stereocenters. The number of carbonyl (C=O) groups excluding carboxylic acids is 2. The first-order valence-corrected chi connectivity index (χ1v) is 9.14. The van der Waals surface area contributed by atoms with E-state index in [9.17, 15) is 22.4 Å². The molecule has 1 amide bonds. The number of halogens is 1. The zero-order valence-corrected chi connectivity index (χ0v) is 15.2. The topological polar surface area (TPSA) is 125 Å². The Hall–Kier alpha value is -2.98. The lowest BCUT2D eigenvalue weighted by Crippen LogP contribution is -2.30. The number of primary sulfonamides is 1. The number of methoxy groups -OCH3 is 1. The molecule has 0 saturated carbocycles. The number of esters is 1. The van der Waals surface area contributed by atoms with Crippen molar-refractivity contribution in [3.8, 4) is 5.75 Å². The van der Waals surface area contributed by atoms with Gasteiger partial charge in [-0.05, 0) is 43.3 Å². The number of nitrogens with one attached hydrogen (secondary N) is 1. The van der Waals surface area contributed by atoms with E-state index >= 15 is 0 Å². The number of ether oxygens (including phenoxy) is 2. The molecular formula is C17H17FN2O6S. The Bertz CT molecular complexity index is 977. The second-order valence-corrected chi connectivity index (χ2v) is 7.02. The molecule has 0 aromatic heterocycles. The van der Waals surface area contributed by atoms with Gasteiger partial charge in [-0.25, -0.2) is 22.7 Å². The van der Waals surface area contributed by atoms with E-state index in [-0.39, 0.29) is 21.9 Å². The van der Waals surface area contributed by atoms with Crippen molar-refractivity contribution in [3.05, 3.63) is 53.8 Å². The number of amides is 1. The highest BCUT2D eigenvalue weighted by Crippen LogP contribution is 2.23. The first kappa shape index (κ1) is 20.3. The SMILES string of the molecule is COc1ccc(S(N)(=O)=O)cc1C(=O)O[C@@H](C)C(=O)Nc1cccc(F)c1. The Labute approximate surface area is 155 Å². The summed E-state index contributed by atoms with van der Waals surface area (Å²) in [5.41, 5.74) is -0.0221. The lowest BCUT2D eigenvalue weighted by atomic mass is 10.2. The van der Waals surface area contributed by atoms with Crippen molar-refractivity contribution in [2.24, 2.45) is 5.14 Å². The van der Waals surface area contributed by atoms with Crippen molar-refractivity contribution >= 4 is 27.6 Å². The lowest BCUT2D eigenvalue weighted by Gasteiger charge is -2.15. The third-order valence-electron chi connectivity index (χ3n) is 3.46. The number of benzene rings is 2. The van der Waals surface area contributed by atoms with Gasteiger partial charge in [0, 0.05) is 5.69 Å². The van der Waals surface area contributed by atoms with Crippen LogP contribution < -0.4 is 15.2 Å². The lowest BCUT2D eigenvalue weighted by molar-refractivity contribution is -0.123. The molecule has 3 N–H and O–H groups in total. The van der Waals surface area contributed by atoms with Gasteiger partial charge >= 0.3 is 5.97 Å². The Morgan fingerprint density at radius 2 is 1.89 bits per heavy atom. The van der Waals surface area contributed by atoms with Crippen LogP contribution in [0.2, 0.25) is 0 Å². The molecule has 2 aromatic carbocycles. The van der Waals surface area contributed by atoms with E-state index in [2.05, 4.69) is 5.32 Å². The second-order valence-electron chi connectivity index (χ2n) is 5.45. The summed E-state index contributed by atoms with van der Waals surface area (Å²) < 4.78 is 46.1. The normalized spacial score (nSPS) is 12.1. The van der Waals surface area contributed by atoms with Crippen LogP contribution in [0.5, 0.6) is 5.75 Å². The number of nitrogens with two attached hydrogens (primary N) is 1. The average molecular weight is 396 g/mol. The summed E-state index contributed by atoms with van der Waals surface area (Å²) in [5, 5.41) is 7.45. The maximum Gasteiger partial charge on any atom is 0.342 e. The van der Waals surface area contributed by atoms with Gasteiger partial charge in [-0.1, -0.05) is 6.07 Å². The molecule has 0 saturated heterocycles. The van der Waals surface area contributed by atoms with Gasteiger partial charge in [0.05, 0.1) is 12.0 Å². The van der Waals surface area contributed by atoms with E-state index in [0.29, 0.717) is 0 Å². The molecule has 144 valence electrons. The Kier molecular flexibility index (Phi) is 6.13. The fourth-order valence-electron chi connectivity index (χ4n) is 2.11.